The zero-order chi connectivity index (χ0) is 29.3. The molecule has 2 aliphatic heterocycles. The number of amides is 2. The molecule has 1 aromatic heterocycles. The molecule has 0 spiro atoms. The Morgan fingerprint density at radius 3 is 2.20 bits per heavy atom. The molecule has 2 aromatic carbocycles. The summed E-state index contributed by atoms with van der Waals surface area (Å²) in [4.78, 5) is 41.2. The first-order valence-corrected chi connectivity index (χ1v) is 14.7. The van der Waals surface area contributed by atoms with Crippen molar-refractivity contribution in [2.24, 2.45) is 7.05 Å². The molecule has 0 saturated carbocycles. The third-order valence-electron chi connectivity index (χ3n) is 6.82. The molecule has 2 amide bonds. The third kappa shape index (κ3) is 5.95. The summed E-state index contributed by atoms with van der Waals surface area (Å²) in [6.07, 6.45) is 2.14. The van der Waals surface area contributed by atoms with E-state index in [1.807, 2.05) is 95.5 Å². The van der Waals surface area contributed by atoms with Crippen LogP contribution in [0.15, 0.2) is 90.4 Å². The quantitative estimate of drug-likeness (QED) is 0.263. The van der Waals surface area contributed by atoms with Crippen LogP contribution in [-0.2, 0) is 43.5 Å². The van der Waals surface area contributed by atoms with Crippen LogP contribution < -0.4 is 10.00 Å². The molecule has 1 fully saturated rings. The number of β-lactam (4-membered cyclic amide) rings is 1. The van der Waals surface area contributed by atoms with Gasteiger partial charge in [-0.3, -0.25) is 13.9 Å². The minimum Gasteiger partial charge on any atom is -0.448 e. The fraction of sp³-hybridized carbons (Fsp3) is 0.333. The van der Waals surface area contributed by atoms with Crippen LogP contribution in [0, 0.1) is 0 Å². The second kappa shape index (κ2) is 11.3. The van der Waals surface area contributed by atoms with Gasteiger partial charge in [0.05, 0.1) is 22.7 Å². The number of aryl methyl sites for hydroxylation is 1. The van der Waals surface area contributed by atoms with E-state index in [9.17, 15) is 18.6 Å². The number of alkyl carbamates (subject to hydrolysis) is 1. The van der Waals surface area contributed by atoms with Crippen molar-refractivity contribution in [3.8, 4) is 0 Å². The first-order valence-electron chi connectivity index (χ1n) is 13.3. The van der Waals surface area contributed by atoms with E-state index in [-0.39, 0.29) is 18.0 Å². The van der Waals surface area contributed by atoms with E-state index in [4.69, 9.17) is 9.47 Å². The molecular formula is C30H33N4O6S+. The Labute approximate surface area is 241 Å². The zero-order valence-corrected chi connectivity index (χ0v) is 24.2. The van der Waals surface area contributed by atoms with Gasteiger partial charge in [-0.05, 0) is 37.5 Å². The van der Waals surface area contributed by atoms with E-state index in [0.717, 1.165) is 11.1 Å². The summed E-state index contributed by atoms with van der Waals surface area (Å²) in [7, 11) is 0.253. The largest absolute Gasteiger partial charge is 0.448 e. The second-order valence-electron chi connectivity index (χ2n) is 11.0. The molecule has 5 rings (SSSR count). The maximum absolute atomic E-state index is 14.0. The first-order chi connectivity index (χ1) is 19.5. The van der Waals surface area contributed by atoms with Crippen LogP contribution >= 0.6 is 0 Å². The lowest BCUT2D eigenvalue weighted by Gasteiger charge is -2.49. The Bertz CT molecular complexity index is 1470. The predicted octanol–water partition coefficient (Wildman–Crippen LogP) is 2.72. The minimum absolute atomic E-state index is 0.0326. The zero-order valence-electron chi connectivity index (χ0n) is 23.4. The Kier molecular flexibility index (Phi) is 7.81. The fourth-order valence-corrected chi connectivity index (χ4v) is 6.63. The average molecular weight is 578 g/mol. The van der Waals surface area contributed by atoms with Gasteiger partial charge in [-0.2, -0.15) is 4.68 Å². The van der Waals surface area contributed by atoms with Crippen LogP contribution in [0.5, 0.6) is 0 Å². The summed E-state index contributed by atoms with van der Waals surface area (Å²) in [5.41, 5.74) is 1.30. The molecule has 1 saturated heterocycles. The number of hydrogen-bond acceptors (Lipinski definition) is 6. The van der Waals surface area contributed by atoms with E-state index in [1.165, 1.54) is 4.90 Å². The van der Waals surface area contributed by atoms with Crippen molar-refractivity contribution in [3.63, 3.8) is 0 Å². The van der Waals surface area contributed by atoms with Gasteiger partial charge in [0.15, 0.2) is 19.3 Å². The van der Waals surface area contributed by atoms with E-state index in [0.29, 0.717) is 5.57 Å². The van der Waals surface area contributed by atoms with Gasteiger partial charge in [-0.1, -0.05) is 60.7 Å². The summed E-state index contributed by atoms with van der Waals surface area (Å²) in [5, 5.41) is 1.62. The highest BCUT2D eigenvalue weighted by molar-refractivity contribution is 7.86. The van der Waals surface area contributed by atoms with Gasteiger partial charge in [0.1, 0.15) is 29.3 Å². The highest BCUT2D eigenvalue weighted by atomic mass is 32.2. The standard InChI is InChI=1S/C30H32N4O6S/c1-30(2,3)40-29(37)31-23-26(35)34-24(22(19-41(38)27(23)34)18-33-17-11-16-32(33)4)28(36)39-25(20-12-7-5-8-13-20)21-14-9-6-10-15-21/h5-17,23,25,27H,18-19H2,1-4H3/p+1/t23-,27-,41?/m1/s1. The molecule has 10 nitrogen and oxygen atoms in total. The van der Waals surface area contributed by atoms with Gasteiger partial charge in [-0.15, -0.1) is 4.68 Å². The molecule has 0 radical (unpaired) electrons. The number of hydrogen-bond donors (Lipinski definition) is 1. The van der Waals surface area contributed by atoms with Gasteiger partial charge >= 0.3 is 12.1 Å². The maximum atomic E-state index is 14.0. The number of carbonyl (C=O) groups excluding carboxylic acids is 3. The highest BCUT2D eigenvalue weighted by Crippen LogP contribution is 2.37. The molecule has 2 aliphatic rings. The van der Waals surface area contributed by atoms with E-state index in [1.54, 1.807) is 20.8 Å². The number of rotatable bonds is 7. The van der Waals surface area contributed by atoms with Crippen molar-refractivity contribution in [3.05, 3.63) is 102 Å². The molecule has 41 heavy (non-hydrogen) atoms. The summed E-state index contributed by atoms with van der Waals surface area (Å²) in [6, 6.07) is 19.4. The number of nitrogens with one attached hydrogen (secondary N) is 1. The number of benzene rings is 2. The molecular weight excluding hydrogens is 544 g/mol. The molecule has 3 heterocycles. The van der Waals surface area contributed by atoms with Crippen molar-refractivity contribution < 1.29 is 32.7 Å². The van der Waals surface area contributed by atoms with Gasteiger partial charge in [0, 0.05) is 6.07 Å². The number of esters is 1. The molecule has 0 bridgehead atoms. The summed E-state index contributed by atoms with van der Waals surface area (Å²) in [6.45, 7) is 5.35. The lowest BCUT2D eigenvalue weighted by atomic mass is 10.0. The van der Waals surface area contributed by atoms with E-state index >= 15 is 0 Å². The summed E-state index contributed by atoms with van der Waals surface area (Å²) < 4.78 is 28.6. The van der Waals surface area contributed by atoms with E-state index in [2.05, 4.69) is 5.32 Å². The van der Waals surface area contributed by atoms with Crippen molar-refractivity contribution in [2.45, 2.75) is 50.4 Å². The number of carbonyl (C=O) groups is 3. The normalized spacial score (nSPS) is 20.4. The smallest absolute Gasteiger partial charge is 0.408 e. The predicted molar refractivity (Wildman–Crippen MR) is 150 cm³/mol. The molecule has 214 valence electrons. The van der Waals surface area contributed by atoms with Crippen LogP contribution in [0.3, 0.4) is 0 Å². The van der Waals surface area contributed by atoms with Gasteiger partial charge < -0.3 is 14.8 Å². The summed E-state index contributed by atoms with van der Waals surface area (Å²) >= 11 is 0. The Morgan fingerprint density at radius 2 is 1.66 bits per heavy atom. The van der Waals surface area contributed by atoms with Crippen LogP contribution in [0.1, 0.15) is 38.0 Å². The topological polar surface area (TPSA) is 111 Å². The van der Waals surface area contributed by atoms with Crippen molar-refractivity contribution in [1.82, 2.24) is 14.9 Å². The van der Waals surface area contributed by atoms with Gasteiger partial charge in [-0.25, -0.2) is 9.59 Å². The lowest BCUT2D eigenvalue weighted by molar-refractivity contribution is -0.752. The molecule has 11 heteroatoms. The maximum Gasteiger partial charge on any atom is 0.408 e. The molecule has 3 aromatic rings. The number of fused-ring (bicyclic) bond motifs is 1. The monoisotopic (exact) mass is 577 g/mol. The fourth-order valence-electron chi connectivity index (χ4n) is 4.96. The minimum atomic E-state index is -1.59. The number of nitrogens with zero attached hydrogens (tertiary/aromatic N) is 3. The van der Waals surface area contributed by atoms with Crippen molar-refractivity contribution in [1.29, 1.82) is 0 Å². The Morgan fingerprint density at radius 1 is 1.05 bits per heavy atom. The average Bonchev–Trinajstić information content (AvgIpc) is 3.34. The first kappa shape index (κ1) is 28.3. The van der Waals surface area contributed by atoms with Crippen molar-refractivity contribution >= 4 is 28.8 Å². The van der Waals surface area contributed by atoms with Crippen LogP contribution in [0.25, 0.3) is 0 Å². The summed E-state index contributed by atoms with van der Waals surface area (Å²) in [5.74, 6) is -1.23. The number of ether oxygens (including phenoxy) is 2. The third-order valence-corrected chi connectivity index (χ3v) is 8.47. The lowest BCUT2D eigenvalue weighted by Crippen LogP contribution is -2.74. The van der Waals surface area contributed by atoms with Crippen LogP contribution in [0.2, 0.25) is 0 Å². The molecule has 1 unspecified atom stereocenters. The Balaban J connectivity index is 1.50. The van der Waals surface area contributed by atoms with Gasteiger partial charge in [0.25, 0.3) is 5.91 Å². The molecule has 0 aliphatic carbocycles. The SMILES string of the molecule is C[n+]1cccn1CC1=C(C(=O)OC(c2ccccc2)c2ccccc2)N2C(=O)[C@@H](NC(=O)OC(C)(C)C)[C@H]2S(=O)C1. The highest BCUT2D eigenvalue weighted by Gasteiger charge is 2.58. The Hall–Kier alpha value is -4.25. The van der Waals surface area contributed by atoms with Crippen LogP contribution in [-0.4, -0.2) is 54.5 Å². The second-order valence-corrected chi connectivity index (χ2v) is 12.5. The molecule has 1 N–H and O–H groups in total. The van der Waals surface area contributed by atoms with E-state index < -0.39 is 51.9 Å². The van der Waals surface area contributed by atoms with Crippen LogP contribution in [0.4, 0.5) is 4.79 Å². The number of aromatic nitrogens is 2. The van der Waals surface area contributed by atoms with Crippen molar-refractivity contribution in [2.75, 3.05) is 5.75 Å². The van der Waals surface area contributed by atoms with Gasteiger partial charge in [0.2, 0.25) is 0 Å². The molecule has 3 atom stereocenters.